The fourth-order valence-electron chi connectivity index (χ4n) is 0.935. The molecular formula is C7H9ClO. The number of hydrogen-bond donors (Lipinski definition) is 0. The minimum absolute atomic E-state index is 0.128. The third-order valence-electron chi connectivity index (χ3n) is 1.57. The summed E-state index contributed by atoms with van der Waals surface area (Å²) in [6.07, 6.45) is 4.95. The normalized spacial score (nSPS) is 33.1. The Labute approximate surface area is 59.7 Å². The summed E-state index contributed by atoms with van der Waals surface area (Å²) < 4.78 is 0. The summed E-state index contributed by atoms with van der Waals surface area (Å²) in [6, 6.07) is 0. The predicted octanol–water partition coefficient (Wildman–Crippen LogP) is 1.96. The Balaban J connectivity index is 2.33. The highest BCUT2D eigenvalue weighted by Crippen LogP contribution is 2.41. The zero-order valence-electron chi connectivity index (χ0n) is 5.30. The highest BCUT2D eigenvalue weighted by Gasteiger charge is 2.39. The van der Waals surface area contributed by atoms with Crippen molar-refractivity contribution in [3.8, 4) is 0 Å². The molecule has 2 heteroatoms. The lowest BCUT2D eigenvalue weighted by atomic mass is 10.3. The number of allylic oxidation sites excluding steroid dienone is 2. The molecule has 1 fully saturated rings. The van der Waals surface area contributed by atoms with Crippen LogP contribution in [0.4, 0.5) is 0 Å². The summed E-state index contributed by atoms with van der Waals surface area (Å²) in [5.41, 5.74) is 0. The first-order valence-corrected chi connectivity index (χ1v) is 3.45. The SMILES string of the molecule is CC=CC1CC1C(=O)Cl. The molecule has 0 amide bonds. The zero-order valence-corrected chi connectivity index (χ0v) is 6.06. The fourth-order valence-corrected chi connectivity index (χ4v) is 1.19. The highest BCUT2D eigenvalue weighted by molar-refractivity contribution is 6.64. The van der Waals surface area contributed by atoms with Crippen LogP contribution in [-0.2, 0) is 4.79 Å². The van der Waals surface area contributed by atoms with Crippen LogP contribution in [0, 0.1) is 11.8 Å². The van der Waals surface area contributed by atoms with Crippen LogP contribution in [0.5, 0.6) is 0 Å². The summed E-state index contributed by atoms with van der Waals surface area (Å²) in [5.74, 6) is 0.572. The summed E-state index contributed by atoms with van der Waals surface area (Å²) in [5, 5.41) is -0.182. The molecular weight excluding hydrogens is 136 g/mol. The van der Waals surface area contributed by atoms with Crippen LogP contribution in [0.2, 0.25) is 0 Å². The van der Waals surface area contributed by atoms with Crippen molar-refractivity contribution in [3.05, 3.63) is 12.2 Å². The first kappa shape index (κ1) is 6.81. The summed E-state index contributed by atoms with van der Waals surface area (Å²) in [4.78, 5) is 10.4. The van der Waals surface area contributed by atoms with Gasteiger partial charge in [0.2, 0.25) is 5.24 Å². The van der Waals surface area contributed by atoms with Crippen molar-refractivity contribution in [2.24, 2.45) is 11.8 Å². The molecule has 2 unspecified atom stereocenters. The maximum Gasteiger partial charge on any atom is 0.225 e. The Kier molecular flexibility index (Phi) is 1.91. The standard InChI is InChI=1S/C7H9ClO/c1-2-3-5-4-6(5)7(8)9/h2-3,5-6H,4H2,1H3. The van der Waals surface area contributed by atoms with E-state index in [1.807, 2.05) is 19.1 Å². The lowest BCUT2D eigenvalue weighted by Gasteiger charge is -1.81. The highest BCUT2D eigenvalue weighted by atomic mass is 35.5. The van der Waals surface area contributed by atoms with Gasteiger partial charge in [-0.2, -0.15) is 0 Å². The van der Waals surface area contributed by atoms with Gasteiger partial charge in [0.05, 0.1) is 0 Å². The number of hydrogen-bond acceptors (Lipinski definition) is 1. The van der Waals surface area contributed by atoms with E-state index in [0.717, 1.165) is 6.42 Å². The molecule has 1 aliphatic carbocycles. The lowest BCUT2D eigenvalue weighted by molar-refractivity contribution is -0.112. The van der Waals surface area contributed by atoms with Crippen LogP contribution in [-0.4, -0.2) is 5.24 Å². The molecule has 1 nitrogen and oxygen atoms in total. The smallest absolute Gasteiger partial charge is 0.225 e. The van der Waals surface area contributed by atoms with E-state index in [-0.39, 0.29) is 11.2 Å². The van der Waals surface area contributed by atoms with Gasteiger partial charge in [-0.1, -0.05) is 12.2 Å². The average Bonchev–Trinajstić information content (AvgIpc) is 2.47. The molecule has 1 rings (SSSR count). The molecule has 0 saturated heterocycles. The zero-order chi connectivity index (χ0) is 6.85. The molecule has 0 aromatic rings. The Hall–Kier alpha value is -0.300. The molecule has 0 spiro atoms. The lowest BCUT2D eigenvalue weighted by Crippen LogP contribution is -1.88. The fraction of sp³-hybridized carbons (Fsp3) is 0.571. The molecule has 0 radical (unpaired) electrons. The molecule has 0 aromatic heterocycles. The molecule has 0 N–H and O–H groups in total. The summed E-state index contributed by atoms with van der Waals surface area (Å²) in [6.45, 7) is 1.95. The Morgan fingerprint density at radius 1 is 1.78 bits per heavy atom. The Morgan fingerprint density at radius 2 is 2.44 bits per heavy atom. The van der Waals surface area contributed by atoms with Gasteiger partial charge in [-0.15, -0.1) is 0 Å². The third-order valence-corrected chi connectivity index (χ3v) is 1.85. The second kappa shape index (κ2) is 2.53. The van der Waals surface area contributed by atoms with Crippen LogP contribution in [0.1, 0.15) is 13.3 Å². The van der Waals surface area contributed by atoms with Crippen molar-refractivity contribution in [2.45, 2.75) is 13.3 Å². The Bertz CT molecular complexity index is 151. The number of carbonyl (C=O) groups excluding carboxylic acids is 1. The van der Waals surface area contributed by atoms with Crippen molar-refractivity contribution in [3.63, 3.8) is 0 Å². The molecule has 50 valence electrons. The quantitative estimate of drug-likeness (QED) is 0.428. The monoisotopic (exact) mass is 144 g/mol. The third kappa shape index (κ3) is 1.55. The Morgan fingerprint density at radius 3 is 2.78 bits per heavy atom. The van der Waals surface area contributed by atoms with Gasteiger partial charge in [0, 0.05) is 5.92 Å². The van der Waals surface area contributed by atoms with E-state index in [2.05, 4.69) is 0 Å². The molecule has 1 aliphatic rings. The van der Waals surface area contributed by atoms with E-state index in [1.165, 1.54) is 0 Å². The number of rotatable bonds is 2. The molecule has 1 saturated carbocycles. The first-order chi connectivity index (χ1) is 4.25. The molecule has 9 heavy (non-hydrogen) atoms. The van der Waals surface area contributed by atoms with Crippen LogP contribution in [0.25, 0.3) is 0 Å². The molecule has 2 atom stereocenters. The van der Waals surface area contributed by atoms with Gasteiger partial charge in [0.1, 0.15) is 0 Å². The van der Waals surface area contributed by atoms with E-state index in [9.17, 15) is 4.79 Å². The van der Waals surface area contributed by atoms with Crippen molar-refractivity contribution in [1.29, 1.82) is 0 Å². The minimum atomic E-state index is -0.182. The van der Waals surface area contributed by atoms with E-state index in [0.29, 0.717) is 5.92 Å². The van der Waals surface area contributed by atoms with E-state index in [1.54, 1.807) is 0 Å². The molecule has 0 bridgehead atoms. The van der Waals surface area contributed by atoms with Crippen LogP contribution in [0.15, 0.2) is 12.2 Å². The second-order valence-corrected chi connectivity index (χ2v) is 2.71. The average molecular weight is 145 g/mol. The van der Waals surface area contributed by atoms with E-state index in [4.69, 9.17) is 11.6 Å². The van der Waals surface area contributed by atoms with Crippen molar-refractivity contribution in [1.82, 2.24) is 0 Å². The van der Waals surface area contributed by atoms with Gasteiger partial charge >= 0.3 is 0 Å². The molecule has 0 aromatic carbocycles. The topological polar surface area (TPSA) is 17.1 Å². The van der Waals surface area contributed by atoms with Gasteiger partial charge in [-0.05, 0) is 30.9 Å². The van der Waals surface area contributed by atoms with Crippen molar-refractivity contribution < 1.29 is 4.79 Å². The van der Waals surface area contributed by atoms with Crippen LogP contribution >= 0.6 is 11.6 Å². The van der Waals surface area contributed by atoms with E-state index < -0.39 is 0 Å². The summed E-state index contributed by atoms with van der Waals surface area (Å²) >= 11 is 5.23. The minimum Gasteiger partial charge on any atom is -0.281 e. The maximum atomic E-state index is 10.4. The summed E-state index contributed by atoms with van der Waals surface area (Å²) in [7, 11) is 0. The van der Waals surface area contributed by atoms with Crippen LogP contribution in [0.3, 0.4) is 0 Å². The molecule has 0 aliphatic heterocycles. The van der Waals surface area contributed by atoms with Gasteiger partial charge in [0.25, 0.3) is 0 Å². The number of halogens is 1. The van der Waals surface area contributed by atoms with Gasteiger partial charge in [0.15, 0.2) is 0 Å². The van der Waals surface area contributed by atoms with Crippen molar-refractivity contribution >= 4 is 16.8 Å². The van der Waals surface area contributed by atoms with Crippen LogP contribution < -0.4 is 0 Å². The van der Waals surface area contributed by atoms with Gasteiger partial charge in [-0.25, -0.2) is 0 Å². The second-order valence-electron chi connectivity index (χ2n) is 2.34. The maximum absolute atomic E-state index is 10.4. The predicted molar refractivity (Wildman–Crippen MR) is 37.3 cm³/mol. The number of carbonyl (C=O) groups is 1. The van der Waals surface area contributed by atoms with E-state index >= 15 is 0 Å². The largest absolute Gasteiger partial charge is 0.281 e. The van der Waals surface area contributed by atoms with Gasteiger partial charge < -0.3 is 0 Å². The molecule has 0 heterocycles. The van der Waals surface area contributed by atoms with Crippen molar-refractivity contribution in [2.75, 3.05) is 0 Å². The first-order valence-electron chi connectivity index (χ1n) is 3.08. The van der Waals surface area contributed by atoms with Gasteiger partial charge in [-0.3, -0.25) is 4.79 Å².